The summed E-state index contributed by atoms with van der Waals surface area (Å²) in [5.74, 6) is 0.821. The maximum atomic E-state index is 11.9. The van der Waals surface area contributed by atoms with Crippen LogP contribution in [-0.2, 0) is 9.59 Å². The molecule has 25 heavy (non-hydrogen) atoms. The lowest BCUT2D eigenvalue weighted by Crippen LogP contribution is -2.47. The van der Waals surface area contributed by atoms with Gasteiger partial charge in [0.15, 0.2) is 0 Å². The quantitative estimate of drug-likeness (QED) is 0.730. The van der Waals surface area contributed by atoms with E-state index in [-0.39, 0.29) is 17.4 Å². The number of piperazine rings is 1. The van der Waals surface area contributed by atoms with Crippen molar-refractivity contribution >= 4 is 35.0 Å². The van der Waals surface area contributed by atoms with Crippen LogP contribution in [0.1, 0.15) is 12.8 Å². The average molecular weight is 362 g/mol. The summed E-state index contributed by atoms with van der Waals surface area (Å²) in [5.41, 5.74) is 7.01. The first-order chi connectivity index (χ1) is 12.1. The minimum Gasteiger partial charge on any atom is -0.369 e. The lowest BCUT2D eigenvalue weighted by molar-refractivity contribution is -0.115. The molecule has 3 N–H and O–H groups in total. The number of amides is 2. The highest BCUT2D eigenvalue weighted by atomic mass is 32.2. The molecule has 1 aliphatic heterocycles. The van der Waals surface area contributed by atoms with Gasteiger partial charge in [-0.1, -0.05) is 6.07 Å². The highest BCUT2D eigenvalue weighted by molar-refractivity contribution is 8.00. The molecule has 1 aromatic carbocycles. The first kappa shape index (κ1) is 18.1. The predicted molar refractivity (Wildman–Crippen MR) is 103 cm³/mol. The summed E-state index contributed by atoms with van der Waals surface area (Å²) in [5, 5.41) is 2.89. The number of benzene rings is 1. The molecule has 136 valence electrons. The SMILES string of the molecule is NC(=O)CSCC(=O)Nc1cccc(N2CCN(CC3CC3)CC2)c1. The molecule has 0 spiro atoms. The normalized spacial score (nSPS) is 18.2. The molecule has 2 amide bonds. The summed E-state index contributed by atoms with van der Waals surface area (Å²) >= 11 is 1.23. The molecule has 2 fully saturated rings. The third kappa shape index (κ3) is 5.93. The number of anilines is 2. The molecule has 3 rings (SSSR count). The van der Waals surface area contributed by atoms with Gasteiger partial charge in [-0.2, -0.15) is 0 Å². The van der Waals surface area contributed by atoms with Crippen LogP contribution in [0.25, 0.3) is 0 Å². The maximum Gasteiger partial charge on any atom is 0.234 e. The van der Waals surface area contributed by atoms with Gasteiger partial charge in [0, 0.05) is 44.1 Å². The number of nitrogens with zero attached hydrogens (tertiary/aromatic N) is 2. The summed E-state index contributed by atoms with van der Waals surface area (Å²) < 4.78 is 0. The number of nitrogens with two attached hydrogens (primary N) is 1. The zero-order valence-corrected chi connectivity index (χ0v) is 15.3. The lowest BCUT2D eigenvalue weighted by Gasteiger charge is -2.36. The molecule has 1 heterocycles. The summed E-state index contributed by atoms with van der Waals surface area (Å²) in [6.45, 7) is 5.53. The highest BCUT2D eigenvalue weighted by Crippen LogP contribution is 2.30. The Morgan fingerprint density at radius 2 is 1.92 bits per heavy atom. The van der Waals surface area contributed by atoms with Gasteiger partial charge in [-0.15, -0.1) is 11.8 Å². The Bertz CT molecular complexity index is 613. The smallest absolute Gasteiger partial charge is 0.234 e. The second kappa shape index (κ2) is 8.58. The van der Waals surface area contributed by atoms with Crippen LogP contribution >= 0.6 is 11.8 Å². The minimum atomic E-state index is -0.402. The van der Waals surface area contributed by atoms with Crippen LogP contribution in [0, 0.1) is 5.92 Å². The molecule has 1 saturated heterocycles. The van der Waals surface area contributed by atoms with Crippen LogP contribution in [0.5, 0.6) is 0 Å². The van der Waals surface area contributed by atoms with E-state index in [4.69, 9.17) is 5.73 Å². The van der Waals surface area contributed by atoms with Gasteiger partial charge in [-0.05, 0) is 37.0 Å². The molecule has 6 nitrogen and oxygen atoms in total. The van der Waals surface area contributed by atoms with E-state index >= 15 is 0 Å². The number of carbonyl (C=O) groups excluding carboxylic acids is 2. The minimum absolute atomic E-state index is 0.113. The van der Waals surface area contributed by atoms with Crippen molar-refractivity contribution in [3.63, 3.8) is 0 Å². The van der Waals surface area contributed by atoms with Crippen molar-refractivity contribution in [3.8, 4) is 0 Å². The summed E-state index contributed by atoms with van der Waals surface area (Å²) in [4.78, 5) is 27.6. The van der Waals surface area contributed by atoms with Gasteiger partial charge in [0.05, 0.1) is 11.5 Å². The Kier molecular flexibility index (Phi) is 6.20. The molecule has 0 atom stereocenters. The Balaban J connectivity index is 1.47. The molecule has 1 saturated carbocycles. The fraction of sp³-hybridized carbons (Fsp3) is 0.556. The van der Waals surface area contributed by atoms with Crippen molar-refractivity contribution in [2.75, 3.05) is 54.4 Å². The zero-order valence-electron chi connectivity index (χ0n) is 14.4. The Hall–Kier alpha value is -1.73. The summed E-state index contributed by atoms with van der Waals surface area (Å²) in [7, 11) is 0. The van der Waals surface area contributed by atoms with E-state index in [1.165, 1.54) is 31.1 Å². The van der Waals surface area contributed by atoms with E-state index in [2.05, 4.69) is 21.2 Å². The Labute approximate surface area is 153 Å². The third-order valence-electron chi connectivity index (χ3n) is 4.56. The fourth-order valence-electron chi connectivity index (χ4n) is 3.08. The van der Waals surface area contributed by atoms with Crippen molar-refractivity contribution in [1.82, 2.24) is 4.90 Å². The molecule has 1 aromatic rings. The van der Waals surface area contributed by atoms with E-state index in [0.29, 0.717) is 0 Å². The first-order valence-corrected chi connectivity index (χ1v) is 9.99. The summed E-state index contributed by atoms with van der Waals surface area (Å²) in [6.07, 6.45) is 2.80. The van der Waals surface area contributed by atoms with Crippen LogP contribution in [0.15, 0.2) is 24.3 Å². The van der Waals surface area contributed by atoms with Crippen molar-refractivity contribution in [2.45, 2.75) is 12.8 Å². The van der Waals surface area contributed by atoms with E-state index in [1.54, 1.807) is 0 Å². The van der Waals surface area contributed by atoms with Crippen LogP contribution in [-0.4, -0.2) is 60.9 Å². The molecule has 0 bridgehead atoms. The van der Waals surface area contributed by atoms with Crippen molar-refractivity contribution in [2.24, 2.45) is 11.7 Å². The molecule has 1 aliphatic carbocycles. The van der Waals surface area contributed by atoms with Crippen molar-refractivity contribution in [3.05, 3.63) is 24.3 Å². The summed E-state index contributed by atoms with van der Waals surface area (Å²) in [6, 6.07) is 7.98. The van der Waals surface area contributed by atoms with Crippen LogP contribution in [0.2, 0.25) is 0 Å². The van der Waals surface area contributed by atoms with Gasteiger partial charge >= 0.3 is 0 Å². The number of rotatable bonds is 8. The van der Waals surface area contributed by atoms with E-state index in [1.807, 2.05) is 18.2 Å². The third-order valence-corrected chi connectivity index (χ3v) is 5.51. The second-order valence-corrected chi connectivity index (χ2v) is 7.77. The van der Waals surface area contributed by atoms with Crippen LogP contribution < -0.4 is 16.0 Å². The largest absolute Gasteiger partial charge is 0.369 e. The van der Waals surface area contributed by atoms with Crippen molar-refractivity contribution in [1.29, 1.82) is 0 Å². The Morgan fingerprint density at radius 1 is 1.16 bits per heavy atom. The fourth-order valence-corrected chi connectivity index (χ4v) is 3.64. The van der Waals surface area contributed by atoms with E-state index < -0.39 is 5.91 Å². The van der Waals surface area contributed by atoms with Gasteiger partial charge in [0.2, 0.25) is 11.8 Å². The highest BCUT2D eigenvalue weighted by Gasteiger charge is 2.26. The Morgan fingerprint density at radius 3 is 2.60 bits per heavy atom. The topological polar surface area (TPSA) is 78.7 Å². The van der Waals surface area contributed by atoms with Gasteiger partial charge < -0.3 is 16.0 Å². The average Bonchev–Trinajstić information content (AvgIpc) is 3.39. The molecule has 0 aromatic heterocycles. The first-order valence-electron chi connectivity index (χ1n) is 8.83. The standard InChI is InChI=1S/C18H26N4O2S/c19-17(23)12-25-13-18(24)20-15-2-1-3-16(10-15)22-8-6-21(7-9-22)11-14-4-5-14/h1-3,10,14H,4-9,11-13H2,(H2,19,23)(H,20,24). The molecular formula is C18H26N4O2S. The van der Waals surface area contributed by atoms with Gasteiger partial charge in [-0.25, -0.2) is 0 Å². The number of nitrogens with one attached hydrogen (secondary N) is 1. The van der Waals surface area contributed by atoms with Crippen LogP contribution in [0.3, 0.4) is 0 Å². The predicted octanol–water partition coefficient (Wildman–Crippen LogP) is 1.38. The number of thioether (sulfide) groups is 1. The molecule has 7 heteroatoms. The second-order valence-electron chi connectivity index (χ2n) is 6.79. The number of hydrogen-bond acceptors (Lipinski definition) is 5. The van der Waals surface area contributed by atoms with Gasteiger partial charge in [0.25, 0.3) is 0 Å². The molecule has 2 aliphatic rings. The van der Waals surface area contributed by atoms with Gasteiger partial charge in [-0.3, -0.25) is 14.5 Å². The monoisotopic (exact) mass is 362 g/mol. The van der Waals surface area contributed by atoms with Gasteiger partial charge in [0.1, 0.15) is 0 Å². The van der Waals surface area contributed by atoms with Crippen LogP contribution in [0.4, 0.5) is 11.4 Å². The number of carbonyl (C=O) groups is 2. The zero-order chi connectivity index (χ0) is 17.6. The number of primary amides is 1. The van der Waals surface area contributed by atoms with E-state index in [9.17, 15) is 9.59 Å². The molecular weight excluding hydrogens is 336 g/mol. The number of hydrogen-bond donors (Lipinski definition) is 2. The molecule has 0 unspecified atom stereocenters. The maximum absolute atomic E-state index is 11.9. The molecule has 0 radical (unpaired) electrons. The van der Waals surface area contributed by atoms with E-state index in [0.717, 1.165) is 43.5 Å². The van der Waals surface area contributed by atoms with Crippen molar-refractivity contribution < 1.29 is 9.59 Å². The lowest BCUT2D eigenvalue weighted by atomic mass is 10.2.